The van der Waals surface area contributed by atoms with Crippen LogP contribution < -0.4 is 5.32 Å². The van der Waals surface area contributed by atoms with E-state index >= 15 is 0 Å². The van der Waals surface area contributed by atoms with Crippen LogP contribution in [0.25, 0.3) is 0 Å². The lowest BCUT2D eigenvalue weighted by atomic mass is 10.1. The van der Waals surface area contributed by atoms with Crippen molar-refractivity contribution in [1.29, 1.82) is 0 Å². The first kappa shape index (κ1) is 18.7. The molecule has 24 heavy (non-hydrogen) atoms. The summed E-state index contributed by atoms with van der Waals surface area (Å²) >= 11 is 0. The highest BCUT2D eigenvalue weighted by atomic mass is 16.3. The third-order valence-electron chi connectivity index (χ3n) is 4.37. The van der Waals surface area contributed by atoms with Gasteiger partial charge in [0.15, 0.2) is 0 Å². The maximum atomic E-state index is 10.6. The quantitative estimate of drug-likeness (QED) is 0.657. The van der Waals surface area contributed by atoms with Crippen LogP contribution in [0.15, 0.2) is 60.7 Å². The number of nitrogens with one attached hydrogen (secondary N) is 1. The van der Waals surface area contributed by atoms with Gasteiger partial charge in [0.25, 0.3) is 0 Å². The van der Waals surface area contributed by atoms with Crippen LogP contribution >= 0.6 is 0 Å². The summed E-state index contributed by atoms with van der Waals surface area (Å²) in [7, 11) is 0. The van der Waals surface area contributed by atoms with Crippen molar-refractivity contribution in [3.05, 3.63) is 71.8 Å². The molecule has 2 aromatic rings. The van der Waals surface area contributed by atoms with Crippen LogP contribution in [0.1, 0.15) is 31.4 Å². The molecule has 0 fully saturated rings. The number of aliphatic hydroxyl groups excluding tert-OH is 1. The molecule has 2 rings (SSSR count). The first-order chi connectivity index (χ1) is 11.7. The van der Waals surface area contributed by atoms with Crippen LogP contribution in [-0.4, -0.2) is 35.2 Å². The highest BCUT2D eigenvalue weighted by Crippen LogP contribution is 2.15. The smallest absolute Gasteiger partial charge is 0.0817 e. The van der Waals surface area contributed by atoms with Crippen LogP contribution in [0.2, 0.25) is 0 Å². The highest BCUT2D eigenvalue weighted by Gasteiger charge is 2.22. The van der Waals surface area contributed by atoms with Gasteiger partial charge in [0.1, 0.15) is 0 Å². The fourth-order valence-electron chi connectivity index (χ4n) is 2.82. The van der Waals surface area contributed by atoms with E-state index in [1.165, 1.54) is 11.1 Å². The summed E-state index contributed by atoms with van der Waals surface area (Å²) in [6.07, 6.45) is 0.697. The van der Waals surface area contributed by atoms with Gasteiger partial charge < -0.3 is 10.4 Å². The molecule has 3 heteroatoms. The topological polar surface area (TPSA) is 35.5 Å². The highest BCUT2D eigenvalue weighted by molar-refractivity contribution is 5.17. The number of hydrogen-bond acceptors (Lipinski definition) is 3. The van der Waals surface area contributed by atoms with Gasteiger partial charge in [-0.3, -0.25) is 4.90 Å². The minimum Gasteiger partial charge on any atom is -0.390 e. The van der Waals surface area contributed by atoms with E-state index in [1.54, 1.807) is 0 Å². The van der Waals surface area contributed by atoms with Gasteiger partial charge in [-0.15, -0.1) is 0 Å². The van der Waals surface area contributed by atoms with Gasteiger partial charge in [-0.05, 0) is 31.0 Å². The summed E-state index contributed by atoms with van der Waals surface area (Å²) in [5.74, 6) is 0. The molecule has 0 saturated heterocycles. The predicted molar refractivity (Wildman–Crippen MR) is 101 cm³/mol. The van der Waals surface area contributed by atoms with Gasteiger partial charge in [-0.1, -0.05) is 67.6 Å². The second-order valence-electron chi connectivity index (χ2n) is 6.39. The van der Waals surface area contributed by atoms with Gasteiger partial charge in [-0.25, -0.2) is 0 Å². The van der Waals surface area contributed by atoms with Crippen molar-refractivity contribution in [2.45, 2.75) is 45.5 Å². The van der Waals surface area contributed by atoms with Crippen LogP contribution in [-0.2, 0) is 13.1 Å². The van der Waals surface area contributed by atoms with E-state index in [2.05, 4.69) is 72.6 Å². The zero-order chi connectivity index (χ0) is 17.2. The van der Waals surface area contributed by atoms with Crippen molar-refractivity contribution < 1.29 is 5.11 Å². The fourth-order valence-corrected chi connectivity index (χ4v) is 2.82. The molecule has 0 radical (unpaired) electrons. The summed E-state index contributed by atoms with van der Waals surface area (Å²) in [6.45, 7) is 7.50. The van der Waals surface area contributed by atoms with Crippen molar-refractivity contribution in [3.8, 4) is 0 Å². The van der Waals surface area contributed by atoms with Crippen LogP contribution in [0.4, 0.5) is 0 Å². The molecule has 0 amide bonds. The van der Waals surface area contributed by atoms with Crippen molar-refractivity contribution in [2.75, 3.05) is 13.1 Å². The van der Waals surface area contributed by atoms with E-state index in [9.17, 15) is 5.11 Å². The summed E-state index contributed by atoms with van der Waals surface area (Å²) in [4.78, 5) is 2.35. The summed E-state index contributed by atoms with van der Waals surface area (Å²) in [5, 5.41) is 13.9. The molecular formula is C21H30N2O. The molecule has 0 aliphatic carbocycles. The Morgan fingerprint density at radius 3 is 1.88 bits per heavy atom. The molecule has 0 spiro atoms. The lowest BCUT2D eigenvalue weighted by Crippen LogP contribution is -2.45. The van der Waals surface area contributed by atoms with E-state index in [1.807, 2.05) is 12.1 Å². The maximum Gasteiger partial charge on any atom is 0.0817 e. The zero-order valence-electron chi connectivity index (χ0n) is 14.9. The number of nitrogens with zero attached hydrogens (tertiary/aromatic N) is 1. The zero-order valence-corrected chi connectivity index (χ0v) is 14.9. The molecule has 130 valence electrons. The molecular weight excluding hydrogens is 296 g/mol. The number of benzene rings is 2. The van der Waals surface area contributed by atoms with Crippen molar-refractivity contribution >= 4 is 0 Å². The Bertz CT molecular complexity index is 517. The Kier molecular flexibility index (Phi) is 7.96. The second kappa shape index (κ2) is 10.2. The average molecular weight is 326 g/mol. The molecule has 0 aromatic heterocycles. The van der Waals surface area contributed by atoms with Gasteiger partial charge in [0.2, 0.25) is 0 Å². The Morgan fingerprint density at radius 1 is 0.917 bits per heavy atom. The standard InChI is InChI=1S/C21H30N2O/c1-3-14-22-15-21(24)18(2)23(16-19-10-6-4-7-11-19)17-20-12-8-5-9-13-20/h4-13,18,21-22,24H,3,14-17H2,1-2H3/t18-,21-/m0/s1. The minimum absolute atomic E-state index is 0.0785. The molecule has 0 unspecified atom stereocenters. The van der Waals surface area contributed by atoms with E-state index in [-0.39, 0.29) is 12.1 Å². The predicted octanol–water partition coefficient (Wildman–Crippen LogP) is 3.44. The Labute approximate surface area is 146 Å². The lowest BCUT2D eigenvalue weighted by Gasteiger charge is -2.33. The first-order valence-electron chi connectivity index (χ1n) is 8.91. The van der Waals surface area contributed by atoms with Crippen molar-refractivity contribution in [1.82, 2.24) is 10.2 Å². The minimum atomic E-state index is -0.385. The third kappa shape index (κ3) is 6.08. The first-order valence-corrected chi connectivity index (χ1v) is 8.91. The van der Waals surface area contributed by atoms with E-state index in [0.717, 1.165) is 26.1 Å². The van der Waals surface area contributed by atoms with E-state index in [4.69, 9.17) is 0 Å². The average Bonchev–Trinajstić information content (AvgIpc) is 2.62. The Balaban J connectivity index is 2.06. The Morgan fingerprint density at radius 2 is 1.42 bits per heavy atom. The van der Waals surface area contributed by atoms with Crippen molar-refractivity contribution in [2.24, 2.45) is 0 Å². The van der Waals surface area contributed by atoms with Crippen LogP contribution in [0, 0.1) is 0 Å². The summed E-state index contributed by atoms with van der Waals surface area (Å²) < 4.78 is 0. The second-order valence-corrected chi connectivity index (χ2v) is 6.39. The lowest BCUT2D eigenvalue weighted by molar-refractivity contribution is 0.0493. The number of aliphatic hydroxyl groups is 1. The molecule has 3 nitrogen and oxygen atoms in total. The molecule has 2 aromatic carbocycles. The molecule has 2 N–H and O–H groups in total. The van der Waals surface area contributed by atoms with Crippen LogP contribution in [0.3, 0.4) is 0 Å². The maximum absolute atomic E-state index is 10.6. The van der Waals surface area contributed by atoms with Gasteiger partial charge in [0.05, 0.1) is 6.10 Å². The molecule has 0 aliphatic heterocycles. The molecule has 2 atom stereocenters. The molecule has 0 bridgehead atoms. The van der Waals surface area contributed by atoms with Gasteiger partial charge in [0, 0.05) is 25.7 Å². The summed E-state index contributed by atoms with van der Waals surface area (Å²) in [5.41, 5.74) is 2.54. The van der Waals surface area contributed by atoms with Crippen LogP contribution in [0.5, 0.6) is 0 Å². The Hall–Kier alpha value is -1.68. The number of hydrogen-bond donors (Lipinski definition) is 2. The molecule has 0 heterocycles. The monoisotopic (exact) mass is 326 g/mol. The van der Waals surface area contributed by atoms with Crippen molar-refractivity contribution in [3.63, 3.8) is 0 Å². The number of rotatable bonds is 10. The largest absolute Gasteiger partial charge is 0.390 e. The van der Waals surface area contributed by atoms with Gasteiger partial charge in [-0.2, -0.15) is 0 Å². The normalized spacial score (nSPS) is 13.8. The third-order valence-corrected chi connectivity index (χ3v) is 4.37. The van der Waals surface area contributed by atoms with Gasteiger partial charge >= 0.3 is 0 Å². The molecule has 0 aliphatic rings. The van der Waals surface area contributed by atoms with E-state index < -0.39 is 0 Å². The SMILES string of the molecule is CCCNC[C@H](O)[C@H](C)N(Cc1ccccc1)Cc1ccccc1. The fraction of sp³-hybridized carbons (Fsp3) is 0.429. The summed E-state index contributed by atoms with van der Waals surface area (Å²) in [6, 6.07) is 21.0. The molecule has 0 saturated carbocycles. The van der Waals surface area contributed by atoms with E-state index in [0.29, 0.717) is 6.54 Å².